The summed E-state index contributed by atoms with van der Waals surface area (Å²) in [4.78, 5) is 22.3. The van der Waals surface area contributed by atoms with E-state index in [2.05, 4.69) is 10.6 Å². The minimum atomic E-state index is -1.69. The number of carbonyl (C=O) groups is 2. The monoisotopic (exact) mass is 215 g/mol. The first-order valence-electron chi connectivity index (χ1n) is 4.98. The molecule has 0 aromatic rings. The maximum atomic E-state index is 11.6. The van der Waals surface area contributed by atoms with Gasteiger partial charge in [0.2, 0.25) is 5.91 Å². The average Bonchev–Trinajstić information content (AvgIpc) is 2.70. The molecule has 1 heterocycles. The largest absolute Gasteiger partial charge is 0.389 e. The molecule has 3 atom stereocenters. The molecule has 0 saturated carbocycles. The first-order chi connectivity index (χ1) is 6.99. The van der Waals surface area contributed by atoms with Crippen molar-refractivity contribution in [3.63, 3.8) is 0 Å². The summed E-state index contributed by atoms with van der Waals surface area (Å²) in [5.74, 6) is -0.344. The summed E-state index contributed by atoms with van der Waals surface area (Å²) in [6.07, 6.45) is 0.872. The van der Waals surface area contributed by atoms with E-state index in [0.717, 1.165) is 19.4 Å². The van der Waals surface area contributed by atoms with Crippen LogP contribution in [0.4, 0.5) is 0 Å². The maximum Gasteiger partial charge on any atom is 0.238 e. The van der Waals surface area contributed by atoms with Crippen molar-refractivity contribution in [3.8, 4) is 0 Å². The van der Waals surface area contributed by atoms with E-state index in [-0.39, 0.29) is 11.9 Å². The number of nitrogens with two attached hydrogens (primary N) is 1. The van der Waals surface area contributed by atoms with Gasteiger partial charge in [0, 0.05) is 0 Å². The van der Waals surface area contributed by atoms with E-state index in [1.165, 1.54) is 6.92 Å². The lowest BCUT2D eigenvalue weighted by molar-refractivity contribution is -0.131. The van der Waals surface area contributed by atoms with Gasteiger partial charge in [-0.1, -0.05) is 0 Å². The zero-order valence-electron chi connectivity index (χ0n) is 8.69. The van der Waals surface area contributed by atoms with E-state index < -0.39 is 11.8 Å². The zero-order valence-corrected chi connectivity index (χ0v) is 8.69. The van der Waals surface area contributed by atoms with Gasteiger partial charge in [-0.2, -0.15) is 0 Å². The van der Waals surface area contributed by atoms with Crippen molar-refractivity contribution in [2.45, 2.75) is 37.6 Å². The molecule has 0 unspecified atom stereocenters. The Bertz CT molecular complexity index is 251. The number of nitrogens with one attached hydrogen (secondary N) is 2. The third-order valence-corrected chi connectivity index (χ3v) is 2.60. The van der Waals surface area contributed by atoms with Crippen molar-refractivity contribution in [3.05, 3.63) is 0 Å². The first-order valence-corrected chi connectivity index (χ1v) is 4.98. The second kappa shape index (κ2) is 4.69. The molecule has 1 fully saturated rings. The van der Waals surface area contributed by atoms with Crippen LogP contribution in [0.2, 0.25) is 0 Å². The molecule has 5 N–H and O–H groups in total. The number of aldehydes is 1. The van der Waals surface area contributed by atoms with Crippen molar-refractivity contribution in [2.75, 3.05) is 6.54 Å². The highest BCUT2D eigenvalue weighted by Gasteiger charge is 2.35. The summed E-state index contributed by atoms with van der Waals surface area (Å²) >= 11 is 0. The van der Waals surface area contributed by atoms with Gasteiger partial charge in [0.05, 0.1) is 12.1 Å². The normalized spacial score (nSPS) is 26.7. The SMILES string of the molecule is C[C@@H](O)[C@@](N)(C=O)NC(=O)[C@@H]1CCCN1. The van der Waals surface area contributed by atoms with Crippen LogP contribution in [0.3, 0.4) is 0 Å². The van der Waals surface area contributed by atoms with E-state index >= 15 is 0 Å². The maximum absolute atomic E-state index is 11.6. The van der Waals surface area contributed by atoms with Crippen molar-refractivity contribution in [2.24, 2.45) is 5.73 Å². The van der Waals surface area contributed by atoms with Crippen LogP contribution >= 0.6 is 0 Å². The molecule has 1 rings (SSSR count). The van der Waals surface area contributed by atoms with Crippen molar-refractivity contribution in [1.82, 2.24) is 10.6 Å². The summed E-state index contributed by atoms with van der Waals surface area (Å²) in [7, 11) is 0. The predicted octanol–water partition coefficient (Wildman–Crippen LogP) is -1.91. The van der Waals surface area contributed by atoms with Gasteiger partial charge in [0.25, 0.3) is 0 Å². The fraction of sp³-hybridized carbons (Fsp3) is 0.778. The molecular weight excluding hydrogens is 198 g/mol. The van der Waals surface area contributed by atoms with E-state index in [1.807, 2.05) is 0 Å². The number of hydrogen-bond donors (Lipinski definition) is 4. The second-order valence-electron chi connectivity index (χ2n) is 3.87. The third kappa shape index (κ3) is 2.74. The smallest absolute Gasteiger partial charge is 0.238 e. The molecule has 6 heteroatoms. The van der Waals surface area contributed by atoms with Crippen LogP contribution in [-0.2, 0) is 9.59 Å². The minimum Gasteiger partial charge on any atom is -0.389 e. The molecule has 1 amide bonds. The summed E-state index contributed by atoms with van der Waals surface area (Å²) in [6, 6.07) is -0.313. The fourth-order valence-corrected chi connectivity index (χ4v) is 1.44. The highest BCUT2D eigenvalue weighted by Crippen LogP contribution is 2.07. The lowest BCUT2D eigenvalue weighted by Crippen LogP contribution is -2.66. The van der Waals surface area contributed by atoms with Crippen molar-refractivity contribution >= 4 is 12.2 Å². The predicted molar refractivity (Wildman–Crippen MR) is 53.8 cm³/mol. The second-order valence-corrected chi connectivity index (χ2v) is 3.87. The molecule has 0 spiro atoms. The van der Waals surface area contributed by atoms with Gasteiger partial charge in [-0.15, -0.1) is 0 Å². The molecule has 0 radical (unpaired) electrons. The van der Waals surface area contributed by atoms with Crippen LogP contribution in [0.1, 0.15) is 19.8 Å². The Kier molecular flexibility index (Phi) is 3.78. The zero-order chi connectivity index (χ0) is 11.5. The van der Waals surface area contributed by atoms with Crippen LogP contribution in [0.5, 0.6) is 0 Å². The van der Waals surface area contributed by atoms with Crippen LogP contribution < -0.4 is 16.4 Å². The van der Waals surface area contributed by atoms with E-state index in [1.54, 1.807) is 0 Å². The standard InChI is InChI=1S/C9H17N3O3/c1-6(14)9(10,5-13)12-8(15)7-3-2-4-11-7/h5-7,11,14H,2-4,10H2,1H3,(H,12,15)/t6-,7+,9-/m1/s1. The highest BCUT2D eigenvalue weighted by molar-refractivity contribution is 5.86. The first kappa shape index (κ1) is 12.1. The van der Waals surface area contributed by atoms with Gasteiger partial charge in [0.1, 0.15) is 0 Å². The number of aliphatic hydroxyl groups excluding tert-OH is 1. The quantitative estimate of drug-likeness (QED) is 0.323. The van der Waals surface area contributed by atoms with Gasteiger partial charge in [0.15, 0.2) is 11.9 Å². The lowest BCUT2D eigenvalue weighted by atomic mass is 10.1. The molecule has 6 nitrogen and oxygen atoms in total. The Labute approximate surface area is 88.2 Å². The topological polar surface area (TPSA) is 104 Å². The summed E-state index contributed by atoms with van der Waals surface area (Å²) in [5, 5.41) is 14.6. The lowest BCUT2D eigenvalue weighted by Gasteiger charge is -2.28. The number of hydrogen-bond acceptors (Lipinski definition) is 5. The average molecular weight is 215 g/mol. The fourth-order valence-electron chi connectivity index (χ4n) is 1.44. The summed E-state index contributed by atoms with van der Waals surface area (Å²) in [6.45, 7) is 2.14. The molecule has 1 aliphatic heterocycles. The molecule has 1 aliphatic rings. The van der Waals surface area contributed by atoms with Gasteiger partial charge in [-0.25, -0.2) is 0 Å². The molecule has 1 saturated heterocycles. The van der Waals surface area contributed by atoms with Gasteiger partial charge < -0.3 is 21.5 Å². The summed E-state index contributed by atoms with van der Waals surface area (Å²) < 4.78 is 0. The summed E-state index contributed by atoms with van der Waals surface area (Å²) in [5.41, 5.74) is 3.84. The van der Waals surface area contributed by atoms with E-state index in [9.17, 15) is 14.7 Å². The Morgan fingerprint density at radius 2 is 2.47 bits per heavy atom. The number of amides is 1. The molecule has 0 bridgehead atoms. The number of aliphatic hydroxyl groups is 1. The highest BCUT2D eigenvalue weighted by atomic mass is 16.3. The Morgan fingerprint density at radius 3 is 2.87 bits per heavy atom. The van der Waals surface area contributed by atoms with Gasteiger partial charge >= 0.3 is 0 Å². The number of rotatable bonds is 4. The molecule has 15 heavy (non-hydrogen) atoms. The van der Waals surface area contributed by atoms with Crippen LogP contribution in [0.15, 0.2) is 0 Å². The van der Waals surface area contributed by atoms with E-state index in [4.69, 9.17) is 5.73 Å². The van der Waals surface area contributed by atoms with E-state index in [0.29, 0.717) is 6.29 Å². The Morgan fingerprint density at radius 1 is 1.80 bits per heavy atom. The molecule has 0 aromatic heterocycles. The van der Waals surface area contributed by atoms with Gasteiger partial charge in [-0.3, -0.25) is 9.59 Å². The van der Waals surface area contributed by atoms with Gasteiger partial charge in [-0.05, 0) is 26.3 Å². The minimum absolute atomic E-state index is 0.313. The molecule has 0 aliphatic carbocycles. The molecular formula is C9H17N3O3. The van der Waals surface area contributed by atoms with Crippen molar-refractivity contribution < 1.29 is 14.7 Å². The van der Waals surface area contributed by atoms with Crippen LogP contribution in [0.25, 0.3) is 0 Å². The Balaban J connectivity index is 2.58. The number of carbonyl (C=O) groups excluding carboxylic acids is 2. The Hall–Kier alpha value is -0.980. The van der Waals surface area contributed by atoms with Crippen molar-refractivity contribution in [1.29, 1.82) is 0 Å². The molecule has 86 valence electrons. The third-order valence-electron chi connectivity index (χ3n) is 2.60. The van der Waals surface area contributed by atoms with Crippen LogP contribution in [-0.4, -0.2) is 41.7 Å². The van der Waals surface area contributed by atoms with Crippen LogP contribution in [0, 0.1) is 0 Å². The molecule has 0 aromatic carbocycles.